The van der Waals surface area contributed by atoms with Crippen molar-refractivity contribution in [2.45, 2.75) is 35.8 Å². The predicted molar refractivity (Wildman–Crippen MR) is 76.4 cm³/mol. The summed E-state index contributed by atoms with van der Waals surface area (Å²) < 4.78 is 28.9. The molecule has 21 heavy (non-hydrogen) atoms. The topological polar surface area (TPSA) is 77.5 Å². The molecule has 0 amide bonds. The van der Waals surface area contributed by atoms with E-state index in [1.54, 1.807) is 18.2 Å². The number of ketones is 1. The maximum absolute atomic E-state index is 12.9. The molecule has 0 aliphatic heterocycles. The highest BCUT2D eigenvalue weighted by atomic mass is 32.2. The summed E-state index contributed by atoms with van der Waals surface area (Å²) in [7, 11) is -2.78. The van der Waals surface area contributed by atoms with Crippen molar-refractivity contribution in [3.05, 3.63) is 30.3 Å². The fourth-order valence-electron chi connectivity index (χ4n) is 2.83. The van der Waals surface area contributed by atoms with Crippen molar-refractivity contribution in [3.63, 3.8) is 0 Å². The Morgan fingerprint density at radius 3 is 2.38 bits per heavy atom. The van der Waals surface area contributed by atoms with Crippen molar-refractivity contribution in [1.82, 2.24) is 0 Å². The molecule has 1 aliphatic rings. The van der Waals surface area contributed by atoms with Gasteiger partial charge in [-0.15, -0.1) is 0 Å². The minimum atomic E-state index is -3.95. The first kappa shape index (κ1) is 15.7. The van der Waals surface area contributed by atoms with Crippen LogP contribution in [0.2, 0.25) is 0 Å². The molecule has 1 fully saturated rings. The number of carbonyl (C=O) groups is 2. The third-order valence-electron chi connectivity index (χ3n) is 4.23. The molecule has 0 bridgehead atoms. The molecule has 2 atom stereocenters. The van der Waals surface area contributed by atoms with Crippen LogP contribution in [0.5, 0.6) is 0 Å². The average molecular weight is 310 g/mol. The largest absolute Gasteiger partial charge is 0.468 e. The second kappa shape index (κ2) is 5.60. The van der Waals surface area contributed by atoms with Gasteiger partial charge in [-0.1, -0.05) is 18.2 Å². The zero-order valence-electron chi connectivity index (χ0n) is 12.0. The Morgan fingerprint density at radius 2 is 1.90 bits per heavy atom. The Morgan fingerprint density at radius 1 is 1.29 bits per heavy atom. The monoisotopic (exact) mass is 310 g/mol. The molecule has 0 N–H and O–H groups in total. The fraction of sp³-hybridized carbons (Fsp3) is 0.467. The molecule has 1 aliphatic carbocycles. The Hall–Kier alpha value is -1.69. The van der Waals surface area contributed by atoms with Gasteiger partial charge >= 0.3 is 5.97 Å². The SMILES string of the molecule is COC(=O)[C@](C)(C1CCC(=O)C1)S(=O)(=O)c1ccccc1. The van der Waals surface area contributed by atoms with Crippen LogP contribution in [0.25, 0.3) is 0 Å². The number of sulfone groups is 1. The number of benzene rings is 1. The van der Waals surface area contributed by atoms with Crippen molar-refractivity contribution in [3.8, 4) is 0 Å². The summed E-state index contributed by atoms with van der Waals surface area (Å²) in [6.45, 7) is 1.37. The highest BCUT2D eigenvalue weighted by molar-refractivity contribution is 7.93. The van der Waals surface area contributed by atoms with Gasteiger partial charge in [-0.3, -0.25) is 9.59 Å². The van der Waals surface area contributed by atoms with Crippen LogP contribution in [-0.4, -0.2) is 32.0 Å². The number of rotatable bonds is 4. The molecule has 2 rings (SSSR count). The molecule has 5 nitrogen and oxygen atoms in total. The third kappa shape index (κ3) is 2.48. The minimum absolute atomic E-state index is 0.0154. The van der Waals surface area contributed by atoms with Gasteiger partial charge in [0.25, 0.3) is 0 Å². The molecule has 1 aromatic rings. The summed E-state index contributed by atoms with van der Waals surface area (Å²) in [4.78, 5) is 23.8. The molecule has 0 saturated heterocycles. The molecule has 114 valence electrons. The molecule has 0 radical (unpaired) electrons. The second-order valence-electron chi connectivity index (χ2n) is 5.39. The number of Topliss-reactive ketones (excluding diaryl/α,β-unsaturated/α-hetero) is 1. The molecular weight excluding hydrogens is 292 g/mol. The summed E-state index contributed by atoms with van der Waals surface area (Å²) in [6, 6.07) is 7.81. The van der Waals surface area contributed by atoms with Crippen molar-refractivity contribution >= 4 is 21.6 Å². The number of methoxy groups -OCH3 is 1. The number of hydrogen-bond acceptors (Lipinski definition) is 5. The van der Waals surface area contributed by atoms with Gasteiger partial charge in [0.05, 0.1) is 12.0 Å². The number of carbonyl (C=O) groups excluding carboxylic acids is 2. The maximum Gasteiger partial charge on any atom is 0.327 e. The molecular formula is C15H18O5S. The van der Waals surface area contributed by atoms with E-state index in [4.69, 9.17) is 4.74 Å². The van der Waals surface area contributed by atoms with E-state index in [1.165, 1.54) is 19.1 Å². The van der Waals surface area contributed by atoms with E-state index in [1.807, 2.05) is 0 Å². The van der Waals surface area contributed by atoms with Gasteiger partial charge in [-0.25, -0.2) is 8.42 Å². The normalized spacial score (nSPS) is 21.8. The van der Waals surface area contributed by atoms with E-state index in [0.29, 0.717) is 12.8 Å². The van der Waals surface area contributed by atoms with E-state index >= 15 is 0 Å². The first-order valence-electron chi connectivity index (χ1n) is 6.74. The van der Waals surface area contributed by atoms with Crippen LogP contribution >= 0.6 is 0 Å². The first-order chi connectivity index (χ1) is 9.84. The van der Waals surface area contributed by atoms with Crippen molar-refractivity contribution in [2.24, 2.45) is 5.92 Å². The Labute approximate surface area is 124 Å². The zero-order chi connectivity index (χ0) is 15.7. The van der Waals surface area contributed by atoms with Crippen molar-refractivity contribution in [2.75, 3.05) is 7.11 Å². The predicted octanol–water partition coefficient (Wildman–Crippen LogP) is 1.76. The summed E-state index contributed by atoms with van der Waals surface area (Å²) in [5.41, 5.74) is 0. The van der Waals surface area contributed by atoms with Gasteiger partial charge in [-0.05, 0) is 31.4 Å². The van der Waals surface area contributed by atoms with Crippen molar-refractivity contribution < 1.29 is 22.7 Å². The van der Waals surface area contributed by atoms with E-state index in [-0.39, 0.29) is 17.1 Å². The maximum atomic E-state index is 12.9. The van der Waals surface area contributed by atoms with Gasteiger partial charge < -0.3 is 4.74 Å². The zero-order valence-corrected chi connectivity index (χ0v) is 12.9. The summed E-state index contributed by atoms with van der Waals surface area (Å²) >= 11 is 0. The van der Waals surface area contributed by atoms with Crippen LogP contribution in [0.15, 0.2) is 35.2 Å². The fourth-order valence-corrected chi connectivity index (χ4v) is 4.78. The van der Waals surface area contributed by atoms with E-state index in [0.717, 1.165) is 7.11 Å². The highest BCUT2D eigenvalue weighted by Gasteiger charge is 2.55. The van der Waals surface area contributed by atoms with E-state index in [2.05, 4.69) is 0 Å². The third-order valence-corrected chi connectivity index (χ3v) is 6.74. The number of hydrogen-bond donors (Lipinski definition) is 0. The lowest BCUT2D eigenvalue weighted by Crippen LogP contribution is -2.50. The van der Waals surface area contributed by atoms with Crippen LogP contribution in [0.3, 0.4) is 0 Å². The van der Waals surface area contributed by atoms with Crippen LogP contribution in [-0.2, 0) is 24.2 Å². The number of ether oxygens (including phenoxy) is 1. The first-order valence-corrected chi connectivity index (χ1v) is 8.22. The van der Waals surface area contributed by atoms with Crippen LogP contribution in [0.1, 0.15) is 26.2 Å². The Balaban J connectivity index is 2.55. The highest BCUT2D eigenvalue weighted by Crippen LogP contribution is 2.41. The molecule has 1 aromatic carbocycles. The summed E-state index contributed by atoms with van der Waals surface area (Å²) in [5, 5.41) is 0. The van der Waals surface area contributed by atoms with Crippen LogP contribution in [0, 0.1) is 5.92 Å². The summed E-state index contributed by atoms with van der Waals surface area (Å²) in [6.07, 6.45) is 0.787. The van der Waals surface area contributed by atoms with E-state index in [9.17, 15) is 18.0 Å². The van der Waals surface area contributed by atoms with Gasteiger partial charge in [0.15, 0.2) is 14.6 Å². The molecule has 1 saturated carbocycles. The second-order valence-corrected chi connectivity index (χ2v) is 7.72. The number of esters is 1. The van der Waals surface area contributed by atoms with Crippen LogP contribution < -0.4 is 0 Å². The lowest BCUT2D eigenvalue weighted by Gasteiger charge is -2.31. The molecule has 0 aromatic heterocycles. The Kier molecular flexibility index (Phi) is 4.18. The molecule has 0 spiro atoms. The van der Waals surface area contributed by atoms with Gasteiger partial charge in [0.1, 0.15) is 5.78 Å². The molecule has 6 heteroatoms. The summed E-state index contributed by atoms with van der Waals surface area (Å²) in [5.74, 6) is -1.38. The van der Waals surface area contributed by atoms with Crippen LogP contribution in [0.4, 0.5) is 0 Å². The van der Waals surface area contributed by atoms with E-state index < -0.39 is 26.5 Å². The van der Waals surface area contributed by atoms with Gasteiger partial charge in [0, 0.05) is 12.8 Å². The molecule has 1 unspecified atom stereocenters. The lowest BCUT2D eigenvalue weighted by molar-refractivity contribution is -0.144. The van der Waals surface area contributed by atoms with Gasteiger partial charge in [-0.2, -0.15) is 0 Å². The molecule has 0 heterocycles. The van der Waals surface area contributed by atoms with Crippen molar-refractivity contribution in [1.29, 1.82) is 0 Å². The van der Waals surface area contributed by atoms with Gasteiger partial charge in [0.2, 0.25) is 0 Å². The standard InChI is InChI=1S/C15H18O5S/c1-15(14(17)20-2,11-8-9-12(16)10-11)21(18,19)13-6-4-3-5-7-13/h3-7,11H,8-10H2,1-2H3/t11?,15-/m0/s1. The Bertz CT molecular complexity index is 650. The smallest absolute Gasteiger partial charge is 0.327 e. The average Bonchev–Trinajstić information content (AvgIpc) is 2.93. The minimum Gasteiger partial charge on any atom is -0.468 e. The quantitative estimate of drug-likeness (QED) is 0.792. The lowest BCUT2D eigenvalue weighted by atomic mass is 9.91.